The Balaban J connectivity index is 1.97. The molecule has 0 saturated heterocycles. The van der Waals surface area contributed by atoms with Crippen molar-refractivity contribution in [3.63, 3.8) is 0 Å². The van der Waals surface area contributed by atoms with Gasteiger partial charge in [-0.25, -0.2) is 0 Å². The Labute approximate surface area is 138 Å². The van der Waals surface area contributed by atoms with Crippen LogP contribution >= 0.6 is 27.7 Å². The van der Waals surface area contributed by atoms with E-state index in [1.165, 1.54) is 10.8 Å². The molecule has 1 atom stereocenters. The van der Waals surface area contributed by atoms with Crippen LogP contribution in [0.1, 0.15) is 26.7 Å². The van der Waals surface area contributed by atoms with Gasteiger partial charge in [-0.1, -0.05) is 58.9 Å². The molecular formula is C17H19BrN2S. The first kappa shape index (κ1) is 14.9. The monoisotopic (exact) mass is 362 g/mol. The fraction of sp³-hybridized carbons (Fsp3) is 0.353. The number of fused-ring (bicyclic) bond motifs is 1. The number of benzene rings is 2. The zero-order chi connectivity index (χ0) is 14.9. The van der Waals surface area contributed by atoms with Gasteiger partial charge in [0.1, 0.15) is 0 Å². The van der Waals surface area contributed by atoms with Gasteiger partial charge in [-0.15, -0.1) is 0 Å². The molecule has 0 saturated carbocycles. The molecule has 3 rings (SSSR count). The summed E-state index contributed by atoms with van der Waals surface area (Å²) < 4.78 is 1.13. The molecule has 2 aromatic rings. The summed E-state index contributed by atoms with van der Waals surface area (Å²) in [6.45, 7) is 4.46. The molecule has 0 aliphatic carbocycles. The van der Waals surface area contributed by atoms with Gasteiger partial charge < -0.3 is 5.32 Å². The molecule has 2 aromatic carbocycles. The normalized spacial score (nSPS) is 22.1. The first-order valence-corrected chi connectivity index (χ1v) is 9.06. The van der Waals surface area contributed by atoms with Crippen LogP contribution in [0.2, 0.25) is 0 Å². The molecular weight excluding hydrogens is 344 g/mol. The Morgan fingerprint density at radius 3 is 2.76 bits per heavy atom. The van der Waals surface area contributed by atoms with Gasteiger partial charge in [-0.2, -0.15) is 0 Å². The van der Waals surface area contributed by atoms with Crippen LogP contribution in [0.4, 0.5) is 5.69 Å². The van der Waals surface area contributed by atoms with E-state index >= 15 is 0 Å². The van der Waals surface area contributed by atoms with E-state index < -0.39 is 0 Å². The van der Waals surface area contributed by atoms with E-state index in [4.69, 9.17) is 4.99 Å². The maximum atomic E-state index is 4.91. The molecule has 21 heavy (non-hydrogen) atoms. The third-order valence-corrected chi connectivity index (χ3v) is 5.69. The molecule has 0 amide bonds. The summed E-state index contributed by atoms with van der Waals surface area (Å²) in [7, 11) is 0. The zero-order valence-electron chi connectivity index (χ0n) is 12.3. The Morgan fingerprint density at radius 2 is 2.00 bits per heavy atom. The van der Waals surface area contributed by atoms with Crippen LogP contribution < -0.4 is 5.32 Å². The van der Waals surface area contributed by atoms with Gasteiger partial charge in [0.25, 0.3) is 0 Å². The van der Waals surface area contributed by atoms with E-state index in [1.54, 1.807) is 0 Å². The van der Waals surface area contributed by atoms with Crippen LogP contribution in [0, 0.1) is 0 Å². The second-order valence-corrected chi connectivity index (χ2v) is 7.57. The number of hydrogen-bond donors (Lipinski definition) is 1. The Hall–Kier alpha value is -1.00. The third-order valence-electron chi connectivity index (χ3n) is 4.13. The molecule has 1 unspecified atom stereocenters. The molecule has 0 radical (unpaired) electrons. The molecule has 1 aliphatic heterocycles. The van der Waals surface area contributed by atoms with Crippen molar-refractivity contribution in [1.29, 1.82) is 0 Å². The summed E-state index contributed by atoms with van der Waals surface area (Å²) in [4.78, 5) is 4.91. The van der Waals surface area contributed by atoms with Crippen LogP contribution in [0.3, 0.4) is 0 Å². The van der Waals surface area contributed by atoms with Gasteiger partial charge in [0, 0.05) is 21.3 Å². The zero-order valence-corrected chi connectivity index (χ0v) is 14.7. The van der Waals surface area contributed by atoms with E-state index in [0.717, 1.165) is 33.9 Å². The average molecular weight is 363 g/mol. The minimum atomic E-state index is 0.0821. The number of halogens is 1. The van der Waals surface area contributed by atoms with Gasteiger partial charge >= 0.3 is 0 Å². The Bertz CT molecular complexity index is 698. The highest BCUT2D eigenvalue weighted by Crippen LogP contribution is 2.33. The maximum Gasteiger partial charge on any atom is 0.161 e. The quantitative estimate of drug-likeness (QED) is 0.743. The van der Waals surface area contributed by atoms with Gasteiger partial charge in [0.2, 0.25) is 0 Å². The summed E-state index contributed by atoms with van der Waals surface area (Å²) in [5.74, 6) is 1.13. The third kappa shape index (κ3) is 3.11. The summed E-state index contributed by atoms with van der Waals surface area (Å²) in [6, 6.07) is 12.6. The van der Waals surface area contributed by atoms with Gasteiger partial charge in [0.15, 0.2) is 5.17 Å². The van der Waals surface area contributed by atoms with Crippen molar-refractivity contribution in [3.05, 3.63) is 40.9 Å². The first-order valence-electron chi connectivity index (χ1n) is 7.28. The highest BCUT2D eigenvalue weighted by Gasteiger charge is 2.26. The highest BCUT2D eigenvalue weighted by molar-refractivity contribution is 9.10. The number of nitrogens with one attached hydrogen (secondary N) is 1. The summed E-state index contributed by atoms with van der Waals surface area (Å²) >= 11 is 5.44. The Kier molecular flexibility index (Phi) is 4.27. The molecule has 4 heteroatoms. The van der Waals surface area contributed by atoms with Crippen molar-refractivity contribution in [2.24, 2.45) is 4.99 Å². The number of aliphatic imine (C=N–C) groups is 1. The smallest absolute Gasteiger partial charge is 0.161 e. The lowest BCUT2D eigenvalue weighted by atomic mass is 9.97. The molecule has 0 fully saturated rings. The molecule has 1 aliphatic rings. The largest absolute Gasteiger partial charge is 0.334 e. The average Bonchev–Trinajstić information content (AvgIpc) is 2.51. The van der Waals surface area contributed by atoms with E-state index in [1.807, 2.05) is 11.8 Å². The van der Waals surface area contributed by atoms with Gasteiger partial charge in [0.05, 0.1) is 5.54 Å². The first-order chi connectivity index (χ1) is 10.1. The van der Waals surface area contributed by atoms with Gasteiger partial charge in [-0.3, -0.25) is 4.99 Å². The topological polar surface area (TPSA) is 24.4 Å². The molecule has 0 bridgehead atoms. The minimum absolute atomic E-state index is 0.0821. The molecule has 0 aromatic heterocycles. The van der Waals surface area contributed by atoms with E-state index in [0.29, 0.717) is 0 Å². The van der Waals surface area contributed by atoms with Crippen molar-refractivity contribution in [3.8, 4) is 0 Å². The second kappa shape index (κ2) is 6.01. The number of anilines is 1. The van der Waals surface area contributed by atoms with Crippen molar-refractivity contribution in [1.82, 2.24) is 0 Å². The van der Waals surface area contributed by atoms with Crippen LogP contribution in [-0.2, 0) is 0 Å². The lowest BCUT2D eigenvalue weighted by molar-refractivity contribution is 0.443. The van der Waals surface area contributed by atoms with Crippen LogP contribution in [-0.4, -0.2) is 16.5 Å². The summed E-state index contributed by atoms with van der Waals surface area (Å²) in [5, 5.41) is 7.02. The molecule has 2 nitrogen and oxygen atoms in total. The molecule has 1 heterocycles. The fourth-order valence-corrected chi connectivity index (χ4v) is 4.19. The molecule has 0 spiro atoms. The lowest BCUT2D eigenvalue weighted by Crippen LogP contribution is -2.29. The number of nitrogens with zero attached hydrogens (tertiary/aromatic N) is 1. The number of thioether (sulfide) groups is 1. The SMILES string of the molecule is CCC1(C)CCSC(Nc2ccc(Br)c3ccccc23)=N1. The summed E-state index contributed by atoms with van der Waals surface area (Å²) in [6.07, 6.45) is 2.24. The van der Waals surface area contributed by atoms with E-state index in [-0.39, 0.29) is 5.54 Å². The highest BCUT2D eigenvalue weighted by atomic mass is 79.9. The fourth-order valence-electron chi connectivity index (χ4n) is 2.51. The second-order valence-electron chi connectivity index (χ2n) is 5.63. The molecule has 110 valence electrons. The molecule has 1 N–H and O–H groups in total. The Morgan fingerprint density at radius 1 is 1.24 bits per heavy atom. The van der Waals surface area contributed by atoms with Crippen molar-refractivity contribution >= 4 is 49.3 Å². The summed E-state index contributed by atoms with van der Waals surface area (Å²) in [5.41, 5.74) is 1.21. The van der Waals surface area contributed by atoms with Crippen LogP contribution in [0.5, 0.6) is 0 Å². The number of amidine groups is 1. The lowest BCUT2D eigenvalue weighted by Gasteiger charge is -2.29. The van der Waals surface area contributed by atoms with Crippen molar-refractivity contribution in [2.45, 2.75) is 32.2 Å². The van der Waals surface area contributed by atoms with Crippen LogP contribution in [0.25, 0.3) is 10.8 Å². The predicted molar refractivity (Wildman–Crippen MR) is 98.5 cm³/mol. The number of hydrogen-bond acceptors (Lipinski definition) is 3. The van der Waals surface area contributed by atoms with Gasteiger partial charge in [-0.05, 0) is 37.3 Å². The maximum absolute atomic E-state index is 4.91. The predicted octanol–water partition coefficient (Wildman–Crippen LogP) is 5.68. The standard InChI is InChI=1S/C17H19BrN2S/c1-3-17(2)10-11-21-16(20-17)19-15-9-8-14(18)12-6-4-5-7-13(12)15/h4-9H,3,10-11H2,1-2H3,(H,19,20). The van der Waals surface area contributed by atoms with E-state index in [9.17, 15) is 0 Å². The van der Waals surface area contributed by atoms with Crippen molar-refractivity contribution < 1.29 is 0 Å². The van der Waals surface area contributed by atoms with E-state index in [2.05, 4.69) is 71.5 Å². The van der Waals surface area contributed by atoms with Crippen LogP contribution in [0.15, 0.2) is 45.9 Å². The van der Waals surface area contributed by atoms with Crippen molar-refractivity contribution in [2.75, 3.05) is 11.1 Å². The number of rotatable bonds is 2. The minimum Gasteiger partial charge on any atom is -0.334 e.